The third kappa shape index (κ3) is 3.77. The Labute approximate surface area is 158 Å². The summed E-state index contributed by atoms with van der Waals surface area (Å²) in [7, 11) is 0. The zero-order valence-corrected chi connectivity index (χ0v) is 15.2. The van der Waals surface area contributed by atoms with Crippen molar-refractivity contribution in [3.05, 3.63) is 59.2 Å². The fourth-order valence-corrected chi connectivity index (χ4v) is 3.88. The quantitative estimate of drug-likeness (QED) is 0.810. The van der Waals surface area contributed by atoms with Gasteiger partial charge in [-0.15, -0.1) is 0 Å². The molecule has 6 nitrogen and oxygen atoms in total. The van der Waals surface area contributed by atoms with Crippen molar-refractivity contribution in [2.24, 2.45) is 0 Å². The van der Waals surface area contributed by atoms with E-state index >= 15 is 0 Å². The van der Waals surface area contributed by atoms with Crippen LogP contribution in [-0.4, -0.2) is 58.3 Å². The molecule has 1 saturated heterocycles. The molecule has 142 valence electrons. The maximum absolute atomic E-state index is 13.2. The van der Waals surface area contributed by atoms with E-state index in [-0.39, 0.29) is 23.4 Å². The standard InChI is InChI=1S/C21H24N2O4/c24-19-6-5-15(11-20(19)25)13-23-14-17-4-2-1-3-16(17)12-18(23)21(26)22-7-9-27-10-8-22/h1-6,11,18,24-25H,7-10,12-14H2. The predicted molar refractivity (Wildman–Crippen MR) is 100 cm³/mol. The SMILES string of the molecule is O=C(C1Cc2ccccc2CN1Cc1ccc(O)c(O)c1)N1CCOCC1. The lowest BCUT2D eigenvalue weighted by molar-refractivity contribution is -0.142. The summed E-state index contributed by atoms with van der Waals surface area (Å²) in [6.07, 6.45) is 0.677. The highest BCUT2D eigenvalue weighted by molar-refractivity contribution is 5.82. The molecule has 0 radical (unpaired) electrons. The van der Waals surface area contributed by atoms with Gasteiger partial charge in [-0.1, -0.05) is 30.3 Å². The first-order chi connectivity index (χ1) is 13.1. The number of hydrogen-bond acceptors (Lipinski definition) is 5. The molecule has 1 unspecified atom stereocenters. The van der Waals surface area contributed by atoms with E-state index in [1.54, 1.807) is 12.1 Å². The molecule has 4 rings (SSSR count). The van der Waals surface area contributed by atoms with Gasteiger partial charge >= 0.3 is 0 Å². The lowest BCUT2D eigenvalue weighted by Gasteiger charge is -2.39. The number of morpholine rings is 1. The average Bonchev–Trinajstić information content (AvgIpc) is 2.70. The maximum atomic E-state index is 13.2. The highest BCUT2D eigenvalue weighted by Crippen LogP contribution is 2.29. The zero-order chi connectivity index (χ0) is 18.8. The molecule has 2 aromatic rings. The number of ether oxygens (including phenoxy) is 1. The van der Waals surface area contributed by atoms with Crippen molar-refractivity contribution in [2.75, 3.05) is 26.3 Å². The third-order valence-electron chi connectivity index (χ3n) is 5.38. The minimum atomic E-state index is -0.242. The zero-order valence-electron chi connectivity index (χ0n) is 15.2. The summed E-state index contributed by atoms with van der Waals surface area (Å²) in [5.74, 6) is -0.138. The first-order valence-corrected chi connectivity index (χ1v) is 9.30. The normalized spacial score (nSPS) is 20.3. The third-order valence-corrected chi connectivity index (χ3v) is 5.38. The predicted octanol–water partition coefficient (Wildman–Crippen LogP) is 1.88. The van der Waals surface area contributed by atoms with Crippen molar-refractivity contribution in [1.29, 1.82) is 0 Å². The Morgan fingerprint density at radius 3 is 2.52 bits per heavy atom. The van der Waals surface area contributed by atoms with Crippen LogP contribution in [0.4, 0.5) is 0 Å². The molecule has 2 heterocycles. The molecule has 0 aliphatic carbocycles. The van der Waals surface area contributed by atoms with Gasteiger partial charge in [-0.05, 0) is 35.2 Å². The van der Waals surface area contributed by atoms with E-state index < -0.39 is 0 Å². The van der Waals surface area contributed by atoms with E-state index in [9.17, 15) is 15.0 Å². The Hall–Kier alpha value is -2.57. The fourth-order valence-electron chi connectivity index (χ4n) is 3.88. The van der Waals surface area contributed by atoms with Gasteiger partial charge in [-0.3, -0.25) is 9.69 Å². The maximum Gasteiger partial charge on any atom is 0.240 e. The van der Waals surface area contributed by atoms with Crippen LogP contribution in [-0.2, 0) is 29.0 Å². The molecule has 1 atom stereocenters. The molecular weight excluding hydrogens is 344 g/mol. The smallest absolute Gasteiger partial charge is 0.240 e. The largest absolute Gasteiger partial charge is 0.504 e. The topological polar surface area (TPSA) is 73.2 Å². The average molecular weight is 368 g/mol. The molecule has 27 heavy (non-hydrogen) atoms. The van der Waals surface area contributed by atoms with Crippen LogP contribution in [0.5, 0.6) is 11.5 Å². The van der Waals surface area contributed by atoms with Gasteiger partial charge in [0, 0.05) is 26.2 Å². The molecule has 2 aliphatic rings. The number of amides is 1. The minimum Gasteiger partial charge on any atom is -0.504 e. The number of aromatic hydroxyl groups is 2. The molecule has 0 aromatic heterocycles. The van der Waals surface area contributed by atoms with Crippen molar-refractivity contribution in [3.8, 4) is 11.5 Å². The summed E-state index contributed by atoms with van der Waals surface area (Å²) >= 11 is 0. The Morgan fingerprint density at radius 1 is 1.04 bits per heavy atom. The highest BCUT2D eigenvalue weighted by Gasteiger charge is 2.34. The van der Waals surface area contributed by atoms with Crippen LogP contribution in [0.15, 0.2) is 42.5 Å². The Balaban J connectivity index is 1.60. The van der Waals surface area contributed by atoms with Gasteiger partial charge in [0.1, 0.15) is 0 Å². The molecule has 2 N–H and O–H groups in total. The Bertz CT molecular complexity index is 833. The number of hydrogen-bond donors (Lipinski definition) is 2. The van der Waals surface area contributed by atoms with Gasteiger partial charge in [-0.25, -0.2) is 0 Å². The summed E-state index contributed by atoms with van der Waals surface area (Å²) in [6.45, 7) is 3.64. The number of benzene rings is 2. The van der Waals surface area contributed by atoms with E-state index in [0.29, 0.717) is 45.8 Å². The number of nitrogens with zero attached hydrogens (tertiary/aromatic N) is 2. The van der Waals surface area contributed by atoms with Crippen molar-refractivity contribution < 1.29 is 19.7 Å². The lowest BCUT2D eigenvalue weighted by atomic mass is 9.92. The first-order valence-electron chi connectivity index (χ1n) is 9.30. The van der Waals surface area contributed by atoms with Gasteiger partial charge in [0.15, 0.2) is 11.5 Å². The van der Waals surface area contributed by atoms with Gasteiger partial charge in [0.2, 0.25) is 5.91 Å². The van der Waals surface area contributed by atoms with Crippen LogP contribution in [0.1, 0.15) is 16.7 Å². The summed E-state index contributed by atoms with van der Waals surface area (Å²) < 4.78 is 5.38. The van der Waals surface area contributed by atoms with Crippen molar-refractivity contribution in [2.45, 2.75) is 25.6 Å². The summed E-state index contributed by atoms with van der Waals surface area (Å²) in [6, 6.07) is 12.8. The molecular formula is C21H24N2O4. The molecule has 2 aromatic carbocycles. The van der Waals surface area contributed by atoms with E-state index in [4.69, 9.17) is 4.74 Å². The molecule has 1 amide bonds. The van der Waals surface area contributed by atoms with Crippen LogP contribution in [0.2, 0.25) is 0 Å². The Kier molecular flexibility index (Phi) is 5.01. The van der Waals surface area contributed by atoms with E-state index in [1.807, 2.05) is 17.0 Å². The number of carbonyl (C=O) groups is 1. The van der Waals surface area contributed by atoms with Crippen LogP contribution in [0.25, 0.3) is 0 Å². The monoisotopic (exact) mass is 368 g/mol. The lowest BCUT2D eigenvalue weighted by Crippen LogP contribution is -2.53. The van der Waals surface area contributed by atoms with Crippen LogP contribution in [0.3, 0.4) is 0 Å². The van der Waals surface area contributed by atoms with Crippen LogP contribution >= 0.6 is 0 Å². The molecule has 0 spiro atoms. The molecule has 6 heteroatoms. The van der Waals surface area contributed by atoms with E-state index in [2.05, 4.69) is 17.0 Å². The molecule has 0 bridgehead atoms. The fraction of sp³-hybridized carbons (Fsp3) is 0.381. The highest BCUT2D eigenvalue weighted by atomic mass is 16.5. The van der Waals surface area contributed by atoms with Gasteiger partial charge in [-0.2, -0.15) is 0 Å². The molecule has 0 saturated carbocycles. The molecule has 2 aliphatic heterocycles. The van der Waals surface area contributed by atoms with Crippen molar-refractivity contribution in [3.63, 3.8) is 0 Å². The second-order valence-corrected chi connectivity index (χ2v) is 7.15. The van der Waals surface area contributed by atoms with Gasteiger partial charge < -0.3 is 19.8 Å². The Morgan fingerprint density at radius 2 is 1.78 bits per heavy atom. The summed E-state index contributed by atoms with van der Waals surface area (Å²) in [5, 5.41) is 19.4. The van der Waals surface area contributed by atoms with Crippen LogP contribution in [0, 0.1) is 0 Å². The number of carbonyl (C=O) groups excluding carboxylic acids is 1. The van der Waals surface area contributed by atoms with Crippen LogP contribution < -0.4 is 0 Å². The molecule has 1 fully saturated rings. The second kappa shape index (κ2) is 7.58. The van der Waals surface area contributed by atoms with Crippen molar-refractivity contribution in [1.82, 2.24) is 9.80 Å². The van der Waals surface area contributed by atoms with Gasteiger partial charge in [0.05, 0.1) is 19.3 Å². The number of fused-ring (bicyclic) bond motifs is 1. The first kappa shape index (κ1) is 17.8. The number of rotatable bonds is 3. The van der Waals surface area contributed by atoms with Crippen molar-refractivity contribution >= 4 is 5.91 Å². The van der Waals surface area contributed by atoms with Gasteiger partial charge in [0.25, 0.3) is 0 Å². The second-order valence-electron chi connectivity index (χ2n) is 7.15. The van der Waals surface area contributed by atoms with E-state index in [0.717, 1.165) is 5.56 Å². The summed E-state index contributed by atoms with van der Waals surface area (Å²) in [4.78, 5) is 17.3. The van der Waals surface area contributed by atoms with E-state index in [1.165, 1.54) is 17.2 Å². The minimum absolute atomic E-state index is 0.135. The number of phenolic OH excluding ortho intramolecular Hbond substituents is 2. The summed E-state index contributed by atoms with van der Waals surface area (Å²) in [5.41, 5.74) is 3.31. The number of phenols is 2.